The molecule has 0 unspecified atom stereocenters. The number of carbonyl (C=O) groups excluding carboxylic acids is 2. The first-order chi connectivity index (χ1) is 10.6. The number of primary amides is 1. The normalized spacial score (nSPS) is 11.5. The maximum absolute atomic E-state index is 12.2. The number of rotatable bonds is 5. The molecule has 3 amide bonds. The first-order valence-electron chi connectivity index (χ1n) is 7.02. The zero-order valence-electron chi connectivity index (χ0n) is 12.4. The van der Waals surface area contributed by atoms with Crippen LogP contribution in [0, 0.1) is 6.92 Å². The van der Waals surface area contributed by atoms with Crippen molar-refractivity contribution in [3.05, 3.63) is 65.7 Å². The van der Waals surface area contributed by atoms with Crippen molar-refractivity contribution in [2.45, 2.75) is 19.4 Å². The van der Waals surface area contributed by atoms with Gasteiger partial charge in [0.2, 0.25) is 5.91 Å². The van der Waals surface area contributed by atoms with E-state index in [0.29, 0.717) is 0 Å². The van der Waals surface area contributed by atoms with E-state index < -0.39 is 12.1 Å². The van der Waals surface area contributed by atoms with Gasteiger partial charge in [0.1, 0.15) is 0 Å². The van der Waals surface area contributed by atoms with E-state index in [1.165, 1.54) is 0 Å². The van der Waals surface area contributed by atoms with Gasteiger partial charge in [0, 0.05) is 5.69 Å². The van der Waals surface area contributed by atoms with Gasteiger partial charge in [-0.15, -0.1) is 0 Å². The van der Waals surface area contributed by atoms with Gasteiger partial charge in [-0.1, -0.05) is 42.5 Å². The minimum atomic E-state index is -0.652. The van der Waals surface area contributed by atoms with Crippen LogP contribution < -0.4 is 16.4 Å². The van der Waals surface area contributed by atoms with Crippen LogP contribution >= 0.6 is 0 Å². The van der Waals surface area contributed by atoms with Crippen molar-refractivity contribution in [1.82, 2.24) is 5.32 Å². The number of hydrogen-bond acceptors (Lipinski definition) is 2. The van der Waals surface area contributed by atoms with E-state index in [-0.39, 0.29) is 12.3 Å². The van der Waals surface area contributed by atoms with Crippen LogP contribution in [-0.4, -0.2) is 11.9 Å². The van der Waals surface area contributed by atoms with E-state index in [9.17, 15) is 9.59 Å². The molecule has 0 saturated heterocycles. The Hall–Kier alpha value is -2.82. The molecule has 0 aromatic heterocycles. The summed E-state index contributed by atoms with van der Waals surface area (Å²) in [5.41, 5.74) is 7.82. The number of nitrogens with one attached hydrogen (secondary N) is 2. The van der Waals surface area contributed by atoms with Crippen LogP contribution in [0.1, 0.15) is 23.6 Å². The average molecular weight is 297 g/mol. The lowest BCUT2D eigenvalue weighted by Gasteiger charge is -2.19. The van der Waals surface area contributed by atoms with Gasteiger partial charge < -0.3 is 16.4 Å². The van der Waals surface area contributed by atoms with Crippen molar-refractivity contribution < 1.29 is 9.59 Å². The Morgan fingerprint density at radius 1 is 1.05 bits per heavy atom. The lowest BCUT2D eigenvalue weighted by molar-refractivity contribution is -0.116. The first kappa shape index (κ1) is 15.6. The number of carbonyl (C=O) groups is 2. The molecule has 0 aliphatic heterocycles. The largest absolute Gasteiger partial charge is 0.352 e. The number of benzene rings is 2. The Morgan fingerprint density at radius 2 is 1.68 bits per heavy atom. The van der Waals surface area contributed by atoms with Gasteiger partial charge in [0.05, 0.1) is 12.5 Å². The van der Waals surface area contributed by atoms with Gasteiger partial charge in [0.25, 0.3) is 0 Å². The predicted molar refractivity (Wildman–Crippen MR) is 86.3 cm³/mol. The fraction of sp³-hybridized carbons (Fsp3) is 0.176. The molecule has 4 N–H and O–H groups in total. The minimum Gasteiger partial charge on any atom is -0.352 e. The Morgan fingerprint density at radius 3 is 2.32 bits per heavy atom. The highest BCUT2D eigenvalue weighted by Gasteiger charge is 2.19. The second kappa shape index (κ2) is 7.26. The van der Waals surface area contributed by atoms with Crippen LogP contribution in [0.5, 0.6) is 0 Å². The summed E-state index contributed by atoms with van der Waals surface area (Å²) in [5, 5.41) is 5.44. The topological polar surface area (TPSA) is 84.2 Å². The standard InChI is InChI=1S/C17H19N3O2/c1-12-7-5-6-10-14(12)15(20-17(18)22)11-16(21)19-13-8-3-2-4-9-13/h2-10,15H,11H2,1H3,(H,19,21)(H3,18,20,22)/t15-/m0/s1. The molecule has 0 heterocycles. The lowest BCUT2D eigenvalue weighted by atomic mass is 9.98. The summed E-state index contributed by atoms with van der Waals surface area (Å²) in [6, 6.07) is 15.7. The highest BCUT2D eigenvalue weighted by Crippen LogP contribution is 2.21. The van der Waals surface area contributed by atoms with Crippen molar-refractivity contribution in [3.63, 3.8) is 0 Å². The maximum atomic E-state index is 12.2. The Balaban J connectivity index is 2.11. The van der Waals surface area contributed by atoms with Gasteiger partial charge >= 0.3 is 6.03 Å². The maximum Gasteiger partial charge on any atom is 0.312 e. The van der Waals surface area contributed by atoms with Crippen LogP contribution in [0.3, 0.4) is 0 Å². The SMILES string of the molecule is Cc1ccccc1[C@H](CC(=O)Nc1ccccc1)NC(N)=O. The van der Waals surface area contributed by atoms with Gasteiger partial charge in [-0.05, 0) is 30.2 Å². The molecular formula is C17H19N3O2. The number of hydrogen-bond donors (Lipinski definition) is 3. The monoisotopic (exact) mass is 297 g/mol. The summed E-state index contributed by atoms with van der Waals surface area (Å²) in [6.45, 7) is 1.93. The first-order valence-corrected chi connectivity index (χ1v) is 7.02. The highest BCUT2D eigenvalue weighted by atomic mass is 16.2. The van der Waals surface area contributed by atoms with Gasteiger partial charge in [-0.25, -0.2) is 4.79 Å². The molecule has 2 aromatic carbocycles. The molecule has 0 spiro atoms. The summed E-state index contributed by atoms with van der Waals surface area (Å²) in [6.07, 6.45) is 0.114. The van der Waals surface area contributed by atoms with Gasteiger partial charge in [0.15, 0.2) is 0 Å². The lowest BCUT2D eigenvalue weighted by Crippen LogP contribution is -2.35. The Kier molecular flexibility index (Phi) is 5.14. The third-order valence-electron chi connectivity index (χ3n) is 3.33. The smallest absolute Gasteiger partial charge is 0.312 e. The third-order valence-corrected chi connectivity index (χ3v) is 3.33. The van der Waals surface area contributed by atoms with Crippen molar-refractivity contribution in [2.24, 2.45) is 5.73 Å². The van der Waals surface area contributed by atoms with E-state index in [1.807, 2.05) is 61.5 Å². The molecule has 1 atom stereocenters. The fourth-order valence-electron chi connectivity index (χ4n) is 2.31. The molecule has 0 fully saturated rings. The van der Waals surface area contributed by atoms with E-state index in [2.05, 4.69) is 10.6 Å². The zero-order valence-corrected chi connectivity index (χ0v) is 12.4. The van der Waals surface area contributed by atoms with Crippen molar-refractivity contribution in [2.75, 3.05) is 5.32 Å². The molecule has 22 heavy (non-hydrogen) atoms. The highest BCUT2D eigenvalue weighted by molar-refractivity contribution is 5.91. The predicted octanol–water partition coefficient (Wildman–Crippen LogP) is 2.73. The van der Waals surface area contributed by atoms with Gasteiger partial charge in [-0.3, -0.25) is 4.79 Å². The minimum absolute atomic E-state index is 0.114. The third kappa shape index (κ3) is 4.34. The number of amides is 3. The zero-order chi connectivity index (χ0) is 15.9. The Labute approximate surface area is 129 Å². The molecule has 0 aliphatic rings. The molecular weight excluding hydrogens is 278 g/mol. The van der Waals surface area contributed by atoms with Gasteiger partial charge in [-0.2, -0.15) is 0 Å². The summed E-state index contributed by atoms with van der Waals surface area (Å²) in [7, 11) is 0. The molecule has 5 heteroatoms. The second-order valence-corrected chi connectivity index (χ2v) is 5.04. The summed E-state index contributed by atoms with van der Waals surface area (Å²) < 4.78 is 0. The molecule has 2 rings (SSSR count). The van der Waals surface area contributed by atoms with E-state index in [1.54, 1.807) is 0 Å². The van der Waals surface area contributed by atoms with Crippen molar-refractivity contribution >= 4 is 17.6 Å². The summed E-state index contributed by atoms with van der Waals surface area (Å²) in [5.74, 6) is -0.187. The van der Waals surface area contributed by atoms with Crippen LogP contribution in [0.25, 0.3) is 0 Å². The number of aryl methyl sites for hydroxylation is 1. The van der Waals surface area contributed by atoms with E-state index in [0.717, 1.165) is 16.8 Å². The molecule has 0 saturated carbocycles. The number of urea groups is 1. The van der Waals surface area contributed by atoms with Crippen LogP contribution in [0.15, 0.2) is 54.6 Å². The van der Waals surface area contributed by atoms with Crippen LogP contribution in [0.4, 0.5) is 10.5 Å². The summed E-state index contributed by atoms with van der Waals surface area (Å²) in [4.78, 5) is 23.4. The van der Waals surface area contributed by atoms with E-state index >= 15 is 0 Å². The van der Waals surface area contributed by atoms with Crippen molar-refractivity contribution in [3.8, 4) is 0 Å². The molecule has 0 aliphatic carbocycles. The van der Waals surface area contributed by atoms with Crippen LogP contribution in [-0.2, 0) is 4.79 Å². The molecule has 114 valence electrons. The fourth-order valence-corrected chi connectivity index (χ4v) is 2.31. The number of para-hydroxylation sites is 1. The van der Waals surface area contributed by atoms with E-state index in [4.69, 9.17) is 5.73 Å². The molecule has 2 aromatic rings. The summed E-state index contributed by atoms with van der Waals surface area (Å²) >= 11 is 0. The quantitative estimate of drug-likeness (QED) is 0.792. The Bertz CT molecular complexity index is 656. The number of anilines is 1. The average Bonchev–Trinajstić information content (AvgIpc) is 2.47. The molecule has 0 radical (unpaired) electrons. The van der Waals surface area contributed by atoms with Crippen LogP contribution in [0.2, 0.25) is 0 Å². The second-order valence-electron chi connectivity index (χ2n) is 5.04. The molecule has 5 nitrogen and oxygen atoms in total. The van der Waals surface area contributed by atoms with Crippen molar-refractivity contribution in [1.29, 1.82) is 0 Å². The molecule has 0 bridgehead atoms. The number of nitrogens with two attached hydrogens (primary N) is 1.